The summed E-state index contributed by atoms with van der Waals surface area (Å²) in [4.78, 5) is 16.0. The first-order chi connectivity index (χ1) is 17.2. The summed E-state index contributed by atoms with van der Waals surface area (Å²) in [5.74, 6) is 0.267. The maximum atomic E-state index is 10.6. The first kappa shape index (κ1) is 25.7. The maximum absolute atomic E-state index is 10.6. The zero-order valence-corrected chi connectivity index (χ0v) is 22.8. The third-order valence-electron chi connectivity index (χ3n) is 6.80. The van der Waals surface area contributed by atoms with Crippen LogP contribution in [0.4, 0.5) is 11.8 Å². The number of allylic oxidation sites excluding steroid dienone is 2. The zero-order valence-electron chi connectivity index (χ0n) is 21.2. The van der Waals surface area contributed by atoms with Gasteiger partial charge in [0.05, 0.1) is 21.8 Å². The SMILES string of the molecule is Cc1nc(NCC2CC=CS2)nc(N[C@@]2(OC(C)(C)O)CC[C@H](CN)C2)c1-c1nc2c(s1)C=CCC2. The Labute approximate surface area is 221 Å². The molecule has 0 spiro atoms. The highest BCUT2D eigenvalue weighted by Crippen LogP contribution is 2.43. The van der Waals surface area contributed by atoms with Gasteiger partial charge in [-0.15, -0.1) is 23.1 Å². The molecule has 2 aliphatic carbocycles. The lowest BCUT2D eigenvalue weighted by molar-refractivity contribution is -0.235. The summed E-state index contributed by atoms with van der Waals surface area (Å²) in [6, 6.07) is 0. The highest BCUT2D eigenvalue weighted by atomic mass is 32.2. The van der Waals surface area contributed by atoms with Gasteiger partial charge in [0.25, 0.3) is 0 Å². The van der Waals surface area contributed by atoms with Gasteiger partial charge >= 0.3 is 0 Å². The molecule has 2 aromatic rings. The number of rotatable bonds is 9. The number of hydrogen-bond donors (Lipinski definition) is 4. The van der Waals surface area contributed by atoms with Gasteiger partial charge in [-0.25, -0.2) is 9.97 Å². The number of nitrogens with one attached hydrogen (secondary N) is 2. The number of ether oxygens (including phenoxy) is 1. The van der Waals surface area contributed by atoms with E-state index in [1.165, 1.54) is 4.88 Å². The Kier molecular flexibility index (Phi) is 7.42. The van der Waals surface area contributed by atoms with Crippen LogP contribution in [-0.2, 0) is 11.2 Å². The molecule has 3 heterocycles. The van der Waals surface area contributed by atoms with Gasteiger partial charge in [0.2, 0.25) is 5.95 Å². The number of nitrogens with zero attached hydrogens (tertiary/aromatic N) is 3. The Hall–Kier alpha value is -1.98. The van der Waals surface area contributed by atoms with Gasteiger partial charge in [0.1, 0.15) is 16.6 Å². The van der Waals surface area contributed by atoms with Gasteiger partial charge < -0.3 is 26.2 Å². The molecule has 5 N–H and O–H groups in total. The lowest BCUT2D eigenvalue weighted by atomic mass is 10.1. The fraction of sp³-hybridized carbons (Fsp3) is 0.577. The predicted octanol–water partition coefficient (Wildman–Crippen LogP) is 4.91. The molecule has 0 amide bonds. The molecular formula is C26H36N6O2S2. The highest BCUT2D eigenvalue weighted by molar-refractivity contribution is 8.03. The van der Waals surface area contributed by atoms with E-state index in [0.29, 0.717) is 35.9 Å². The molecule has 5 rings (SSSR count). The molecule has 0 aromatic carbocycles. The average Bonchev–Trinajstić information content (AvgIpc) is 3.56. The van der Waals surface area contributed by atoms with Crippen LogP contribution in [0.3, 0.4) is 0 Å². The molecule has 1 unspecified atom stereocenters. The monoisotopic (exact) mass is 528 g/mol. The average molecular weight is 529 g/mol. The van der Waals surface area contributed by atoms with Crippen LogP contribution in [0, 0.1) is 12.8 Å². The van der Waals surface area contributed by atoms with Gasteiger partial charge in [-0.3, -0.25) is 0 Å². The van der Waals surface area contributed by atoms with E-state index in [9.17, 15) is 5.11 Å². The summed E-state index contributed by atoms with van der Waals surface area (Å²) < 4.78 is 6.28. The summed E-state index contributed by atoms with van der Waals surface area (Å²) in [5.41, 5.74) is 8.12. The molecule has 0 bridgehead atoms. The summed E-state index contributed by atoms with van der Waals surface area (Å²) in [7, 11) is 0. The minimum absolute atomic E-state index is 0.313. The lowest BCUT2D eigenvalue weighted by Crippen LogP contribution is -2.46. The number of thiazole rings is 1. The van der Waals surface area contributed by atoms with Crippen LogP contribution in [0.5, 0.6) is 0 Å². The van der Waals surface area contributed by atoms with Gasteiger partial charge in [-0.2, -0.15) is 4.98 Å². The molecule has 1 aliphatic heterocycles. The Bertz CT molecular complexity index is 1150. The van der Waals surface area contributed by atoms with E-state index in [1.54, 1.807) is 25.2 Å². The Morgan fingerprint density at radius 1 is 1.28 bits per heavy atom. The maximum Gasteiger partial charge on any atom is 0.224 e. The molecule has 1 saturated carbocycles. The van der Waals surface area contributed by atoms with Crippen molar-refractivity contribution in [2.24, 2.45) is 11.7 Å². The molecule has 1 fully saturated rings. The van der Waals surface area contributed by atoms with Crippen LogP contribution in [0.2, 0.25) is 0 Å². The van der Waals surface area contributed by atoms with Gasteiger partial charge in [-0.1, -0.05) is 12.2 Å². The van der Waals surface area contributed by atoms with E-state index < -0.39 is 11.5 Å². The van der Waals surface area contributed by atoms with Crippen molar-refractivity contribution in [1.29, 1.82) is 0 Å². The molecule has 2 aromatic heterocycles. The van der Waals surface area contributed by atoms with E-state index in [1.807, 2.05) is 18.7 Å². The molecule has 3 atom stereocenters. The van der Waals surface area contributed by atoms with E-state index in [-0.39, 0.29) is 0 Å². The number of hydrogen-bond acceptors (Lipinski definition) is 10. The van der Waals surface area contributed by atoms with Crippen molar-refractivity contribution in [2.45, 2.75) is 76.1 Å². The predicted molar refractivity (Wildman–Crippen MR) is 149 cm³/mol. The van der Waals surface area contributed by atoms with Crippen LogP contribution >= 0.6 is 23.1 Å². The summed E-state index contributed by atoms with van der Waals surface area (Å²) in [5, 5.41) is 21.2. The third kappa shape index (κ3) is 5.78. The minimum atomic E-state index is -1.31. The van der Waals surface area contributed by atoms with E-state index in [0.717, 1.165) is 60.6 Å². The van der Waals surface area contributed by atoms with Crippen LogP contribution in [0.15, 0.2) is 17.6 Å². The number of nitrogens with two attached hydrogens (primary N) is 1. The number of anilines is 2. The number of thioether (sulfide) groups is 1. The largest absolute Gasteiger partial charge is 0.366 e. The first-order valence-corrected chi connectivity index (χ1v) is 14.5. The second-order valence-electron chi connectivity index (χ2n) is 10.4. The first-order valence-electron chi connectivity index (χ1n) is 12.7. The third-order valence-corrected chi connectivity index (χ3v) is 8.98. The van der Waals surface area contributed by atoms with Crippen molar-refractivity contribution in [1.82, 2.24) is 15.0 Å². The van der Waals surface area contributed by atoms with Gasteiger partial charge in [0, 0.05) is 11.8 Å². The quantitative estimate of drug-likeness (QED) is 0.337. The van der Waals surface area contributed by atoms with Crippen LogP contribution in [0.1, 0.15) is 62.2 Å². The Morgan fingerprint density at radius 2 is 2.14 bits per heavy atom. The van der Waals surface area contributed by atoms with E-state index in [4.69, 9.17) is 25.4 Å². The molecule has 8 nitrogen and oxygen atoms in total. The minimum Gasteiger partial charge on any atom is -0.366 e. The fourth-order valence-electron chi connectivity index (χ4n) is 5.19. The van der Waals surface area contributed by atoms with E-state index in [2.05, 4.69) is 34.3 Å². The second kappa shape index (κ2) is 10.4. The number of aromatic nitrogens is 3. The molecule has 3 aliphatic rings. The summed E-state index contributed by atoms with van der Waals surface area (Å²) in [6.45, 7) is 6.71. The topological polar surface area (TPSA) is 118 Å². The standard InChI is InChI=1S/C26H36N6O2S2/c1-16-21(23-30-19-8-4-5-9-20(19)36-23)22(31-24(29-16)28-15-18-7-6-12-35-18)32-26(34-25(2,3)33)11-10-17(13-26)14-27/h5-6,9,12,17-18,33H,4,7-8,10-11,13-15,27H2,1-3H3,(H2,28,29,31,32)/t17-,18?,26+/m0/s1. The molecule has 194 valence electrons. The summed E-state index contributed by atoms with van der Waals surface area (Å²) in [6.07, 6.45) is 11.9. The van der Waals surface area contributed by atoms with Gasteiger partial charge in [-0.05, 0) is 83.2 Å². The lowest BCUT2D eigenvalue weighted by Gasteiger charge is -2.37. The smallest absolute Gasteiger partial charge is 0.224 e. The normalized spacial score (nSPS) is 25.4. The number of fused-ring (bicyclic) bond motifs is 1. The van der Waals surface area contributed by atoms with Crippen molar-refractivity contribution in [3.63, 3.8) is 0 Å². The Balaban J connectivity index is 1.52. The zero-order chi connectivity index (χ0) is 25.3. The van der Waals surface area contributed by atoms with Crippen LogP contribution in [0.25, 0.3) is 16.6 Å². The molecule has 36 heavy (non-hydrogen) atoms. The van der Waals surface area contributed by atoms with Crippen LogP contribution in [-0.4, -0.2) is 49.9 Å². The molecule has 10 heteroatoms. The summed E-state index contributed by atoms with van der Waals surface area (Å²) >= 11 is 3.50. The number of aryl methyl sites for hydroxylation is 2. The molecule has 0 radical (unpaired) electrons. The van der Waals surface area contributed by atoms with Gasteiger partial charge in [0.15, 0.2) is 5.79 Å². The fourth-order valence-corrected chi connectivity index (χ4v) is 7.18. The van der Waals surface area contributed by atoms with Crippen LogP contribution < -0.4 is 16.4 Å². The van der Waals surface area contributed by atoms with Crippen molar-refractivity contribution in [2.75, 3.05) is 23.7 Å². The second-order valence-corrected chi connectivity index (χ2v) is 12.6. The van der Waals surface area contributed by atoms with Crippen molar-refractivity contribution < 1.29 is 9.84 Å². The molecule has 0 saturated heterocycles. The highest BCUT2D eigenvalue weighted by Gasteiger charge is 2.44. The van der Waals surface area contributed by atoms with Crippen molar-refractivity contribution in [3.05, 3.63) is 33.8 Å². The van der Waals surface area contributed by atoms with Crippen molar-refractivity contribution in [3.8, 4) is 10.6 Å². The van der Waals surface area contributed by atoms with E-state index >= 15 is 0 Å². The number of aliphatic hydroxyl groups is 1. The Morgan fingerprint density at radius 3 is 2.83 bits per heavy atom. The molecular weight excluding hydrogens is 492 g/mol. The van der Waals surface area contributed by atoms with Crippen molar-refractivity contribution >= 4 is 40.9 Å².